The van der Waals surface area contributed by atoms with Crippen LogP contribution in [0.4, 0.5) is 4.79 Å². The monoisotopic (exact) mass is 355 g/mol. The molecule has 0 unspecified atom stereocenters. The maximum absolute atomic E-state index is 12.3. The molecule has 2 aromatic rings. The summed E-state index contributed by atoms with van der Waals surface area (Å²) < 4.78 is 5.35. The molecule has 2 aromatic carbocycles. The van der Waals surface area contributed by atoms with Gasteiger partial charge < -0.3 is 9.64 Å². The second-order valence-electron chi connectivity index (χ2n) is 5.01. The first kappa shape index (κ1) is 15.5. The molecular weight excluding hydrogens is 345 g/mol. The maximum atomic E-state index is 12.3. The van der Waals surface area contributed by atoms with Crippen LogP contribution in [0.2, 0.25) is 15.1 Å². The number of benzene rings is 2. The molecule has 0 saturated carbocycles. The molecule has 1 heterocycles. The Morgan fingerprint density at radius 1 is 1.05 bits per heavy atom. The largest absolute Gasteiger partial charge is 0.415 e. The fourth-order valence-corrected chi connectivity index (χ4v) is 3.32. The van der Waals surface area contributed by atoms with Crippen LogP contribution in [0.15, 0.2) is 36.4 Å². The van der Waals surface area contributed by atoms with Gasteiger partial charge in [0, 0.05) is 18.1 Å². The van der Waals surface area contributed by atoms with Crippen LogP contribution in [-0.4, -0.2) is 17.5 Å². The van der Waals surface area contributed by atoms with Gasteiger partial charge in [0.05, 0.1) is 10.0 Å². The minimum Gasteiger partial charge on any atom is -0.407 e. The van der Waals surface area contributed by atoms with E-state index in [4.69, 9.17) is 39.5 Å². The summed E-state index contributed by atoms with van der Waals surface area (Å²) in [7, 11) is 0. The zero-order valence-corrected chi connectivity index (χ0v) is 13.8. The van der Waals surface area contributed by atoms with Crippen molar-refractivity contribution in [2.24, 2.45) is 0 Å². The highest BCUT2D eigenvalue weighted by molar-refractivity contribution is 6.40. The smallest absolute Gasteiger partial charge is 0.407 e. The van der Waals surface area contributed by atoms with Gasteiger partial charge in [0.25, 0.3) is 0 Å². The first-order chi connectivity index (χ1) is 10.5. The summed E-state index contributed by atoms with van der Waals surface area (Å²) in [6.45, 7) is 1.11. The molecule has 6 heteroatoms. The van der Waals surface area contributed by atoms with E-state index >= 15 is 0 Å². The van der Waals surface area contributed by atoms with E-state index in [1.54, 1.807) is 4.90 Å². The lowest BCUT2D eigenvalue weighted by molar-refractivity contribution is 0.147. The van der Waals surface area contributed by atoms with Crippen LogP contribution in [0.3, 0.4) is 0 Å². The van der Waals surface area contributed by atoms with Crippen LogP contribution >= 0.6 is 34.8 Å². The fourth-order valence-electron chi connectivity index (χ4n) is 2.43. The molecule has 0 aliphatic carbocycles. The van der Waals surface area contributed by atoms with Crippen LogP contribution in [0.5, 0.6) is 5.75 Å². The topological polar surface area (TPSA) is 29.5 Å². The molecule has 1 aliphatic heterocycles. The predicted molar refractivity (Wildman–Crippen MR) is 88.1 cm³/mol. The lowest BCUT2D eigenvalue weighted by Gasteiger charge is -2.28. The summed E-state index contributed by atoms with van der Waals surface area (Å²) in [4.78, 5) is 13.9. The van der Waals surface area contributed by atoms with Crippen molar-refractivity contribution in [3.63, 3.8) is 0 Å². The quantitative estimate of drug-likeness (QED) is 0.702. The van der Waals surface area contributed by atoms with E-state index in [-0.39, 0.29) is 15.8 Å². The second-order valence-corrected chi connectivity index (χ2v) is 6.26. The second kappa shape index (κ2) is 6.37. The van der Waals surface area contributed by atoms with Crippen molar-refractivity contribution in [2.75, 3.05) is 6.54 Å². The molecule has 3 rings (SSSR count). The van der Waals surface area contributed by atoms with E-state index < -0.39 is 6.09 Å². The molecule has 3 nitrogen and oxygen atoms in total. The number of halogens is 3. The van der Waals surface area contributed by atoms with Gasteiger partial charge in [-0.15, -0.1) is 0 Å². The van der Waals surface area contributed by atoms with Crippen LogP contribution in [0.1, 0.15) is 11.1 Å². The van der Waals surface area contributed by atoms with Crippen molar-refractivity contribution in [3.05, 3.63) is 62.6 Å². The Kier molecular flexibility index (Phi) is 4.48. The number of ether oxygens (including phenoxy) is 1. The average Bonchev–Trinajstić information content (AvgIpc) is 2.50. The summed E-state index contributed by atoms with van der Waals surface area (Å²) in [5.74, 6) is 0.136. The standard InChI is InChI=1S/C16H12Cl3NO2/c17-12-7-13(18)15(14(19)8-12)22-16(21)20-6-5-10-3-1-2-4-11(10)9-20/h1-4,7-8H,5-6,9H2. The molecule has 0 spiro atoms. The lowest BCUT2D eigenvalue weighted by Crippen LogP contribution is -2.37. The Bertz CT molecular complexity index is 710. The summed E-state index contributed by atoms with van der Waals surface area (Å²) in [5.41, 5.74) is 2.38. The third kappa shape index (κ3) is 3.17. The summed E-state index contributed by atoms with van der Waals surface area (Å²) in [5, 5.41) is 0.813. The number of hydrogen-bond acceptors (Lipinski definition) is 2. The maximum Gasteiger partial charge on any atom is 0.415 e. The van der Waals surface area contributed by atoms with Gasteiger partial charge >= 0.3 is 6.09 Å². The van der Waals surface area contributed by atoms with Crippen LogP contribution < -0.4 is 4.74 Å². The van der Waals surface area contributed by atoms with E-state index in [1.807, 2.05) is 18.2 Å². The van der Waals surface area contributed by atoms with E-state index in [1.165, 1.54) is 17.7 Å². The fraction of sp³-hybridized carbons (Fsp3) is 0.188. The van der Waals surface area contributed by atoms with Crippen molar-refractivity contribution >= 4 is 40.9 Å². The van der Waals surface area contributed by atoms with E-state index in [9.17, 15) is 4.79 Å². The molecule has 0 N–H and O–H groups in total. The van der Waals surface area contributed by atoms with Crippen molar-refractivity contribution in [1.82, 2.24) is 4.90 Å². The minimum atomic E-state index is -0.472. The van der Waals surface area contributed by atoms with Gasteiger partial charge in [-0.05, 0) is 29.7 Å². The average molecular weight is 357 g/mol. The van der Waals surface area contributed by atoms with E-state index in [0.717, 1.165) is 12.0 Å². The van der Waals surface area contributed by atoms with Crippen molar-refractivity contribution < 1.29 is 9.53 Å². The highest BCUT2D eigenvalue weighted by Crippen LogP contribution is 2.36. The van der Waals surface area contributed by atoms with Gasteiger partial charge in [0.1, 0.15) is 0 Å². The molecular formula is C16H12Cl3NO2. The number of fused-ring (bicyclic) bond motifs is 1. The summed E-state index contributed by atoms with van der Waals surface area (Å²) in [6, 6.07) is 11.0. The third-order valence-electron chi connectivity index (χ3n) is 3.54. The van der Waals surface area contributed by atoms with Crippen molar-refractivity contribution in [1.29, 1.82) is 0 Å². The third-order valence-corrected chi connectivity index (χ3v) is 4.32. The normalized spacial score (nSPS) is 13.7. The number of rotatable bonds is 1. The molecule has 0 radical (unpaired) electrons. The summed E-state index contributed by atoms with van der Waals surface area (Å²) in [6.07, 6.45) is 0.327. The molecule has 0 fully saturated rings. The van der Waals surface area contributed by atoms with E-state index in [0.29, 0.717) is 18.1 Å². The number of nitrogens with zero attached hydrogens (tertiary/aromatic N) is 1. The SMILES string of the molecule is O=C(Oc1c(Cl)cc(Cl)cc1Cl)N1CCc2ccccc2C1. The highest BCUT2D eigenvalue weighted by atomic mass is 35.5. The Labute approximate surface area is 143 Å². The Morgan fingerprint density at radius 2 is 1.68 bits per heavy atom. The number of hydrogen-bond donors (Lipinski definition) is 0. The Hall–Kier alpha value is -1.42. The van der Waals surface area contributed by atoms with Crippen LogP contribution in [0.25, 0.3) is 0 Å². The van der Waals surface area contributed by atoms with Crippen LogP contribution in [-0.2, 0) is 13.0 Å². The Balaban J connectivity index is 1.77. The van der Waals surface area contributed by atoms with Gasteiger partial charge in [-0.3, -0.25) is 0 Å². The first-order valence-corrected chi connectivity index (χ1v) is 7.86. The van der Waals surface area contributed by atoms with Gasteiger partial charge in [0.2, 0.25) is 0 Å². The summed E-state index contributed by atoms with van der Waals surface area (Å²) >= 11 is 17.9. The van der Waals surface area contributed by atoms with E-state index in [2.05, 4.69) is 6.07 Å². The van der Waals surface area contributed by atoms with Gasteiger partial charge in [0.15, 0.2) is 5.75 Å². The first-order valence-electron chi connectivity index (χ1n) is 6.72. The zero-order valence-electron chi connectivity index (χ0n) is 11.5. The van der Waals surface area contributed by atoms with Gasteiger partial charge in [-0.1, -0.05) is 59.1 Å². The zero-order chi connectivity index (χ0) is 15.7. The molecule has 0 bridgehead atoms. The Morgan fingerprint density at radius 3 is 2.36 bits per heavy atom. The lowest BCUT2D eigenvalue weighted by atomic mass is 10.0. The van der Waals surface area contributed by atoms with Crippen molar-refractivity contribution in [2.45, 2.75) is 13.0 Å². The van der Waals surface area contributed by atoms with Crippen molar-refractivity contribution in [3.8, 4) is 5.75 Å². The predicted octanol–water partition coefficient (Wildman–Crippen LogP) is 5.20. The molecule has 1 amide bonds. The molecule has 0 atom stereocenters. The van der Waals surface area contributed by atoms with Crippen LogP contribution in [0, 0.1) is 0 Å². The van der Waals surface area contributed by atoms with Gasteiger partial charge in [-0.2, -0.15) is 0 Å². The number of amides is 1. The molecule has 114 valence electrons. The number of carbonyl (C=O) groups excluding carboxylic acids is 1. The number of carbonyl (C=O) groups is 1. The molecule has 0 saturated heterocycles. The van der Waals surface area contributed by atoms with Gasteiger partial charge in [-0.25, -0.2) is 4.79 Å². The minimum absolute atomic E-state index is 0.136. The molecule has 0 aromatic heterocycles. The molecule has 1 aliphatic rings. The molecule has 22 heavy (non-hydrogen) atoms. The highest BCUT2D eigenvalue weighted by Gasteiger charge is 2.23.